The molecule has 7 heteroatoms. The van der Waals surface area contributed by atoms with Crippen LogP contribution in [-0.2, 0) is 11.3 Å². The average Bonchev–Trinajstić information content (AvgIpc) is 2.78. The number of amides is 1. The molecular weight excluding hydrogens is 396 g/mol. The van der Waals surface area contributed by atoms with E-state index in [4.69, 9.17) is 18.9 Å². The fraction of sp³-hybridized carbons (Fsp3) is 0.458. The van der Waals surface area contributed by atoms with Crippen LogP contribution >= 0.6 is 0 Å². The van der Waals surface area contributed by atoms with E-state index in [1.165, 1.54) is 5.56 Å². The average molecular weight is 429 g/mol. The number of nitrogens with one attached hydrogen (secondary N) is 1. The molecule has 1 heterocycles. The third kappa shape index (κ3) is 6.35. The van der Waals surface area contributed by atoms with E-state index < -0.39 is 0 Å². The molecule has 0 saturated carbocycles. The van der Waals surface area contributed by atoms with Crippen LogP contribution in [0.4, 0.5) is 5.69 Å². The van der Waals surface area contributed by atoms with E-state index in [-0.39, 0.29) is 5.91 Å². The number of anilines is 1. The van der Waals surface area contributed by atoms with E-state index in [9.17, 15) is 4.79 Å². The fourth-order valence-electron chi connectivity index (χ4n) is 3.43. The molecule has 0 atom stereocenters. The van der Waals surface area contributed by atoms with Gasteiger partial charge in [-0.15, -0.1) is 0 Å². The van der Waals surface area contributed by atoms with Gasteiger partial charge in [-0.25, -0.2) is 0 Å². The highest BCUT2D eigenvalue weighted by molar-refractivity contribution is 6.05. The molecule has 0 spiro atoms. The number of morpholine rings is 1. The molecule has 0 aromatic heterocycles. The summed E-state index contributed by atoms with van der Waals surface area (Å²) in [6, 6.07) is 11.3. The van der Waals surface area contributed by atoms with Crippen LogP contribution in [0.15, 0.2) is 36.4 Å². The molecule has 2 aromatic rings. The topological polar surface area (TPSA) is 69.3 Å². The second-order valence-corrected chi connectivity index (χ2v) is 7.14. The zero-order valence-corrected chi connectivity index (χ0v) is 18.6. The second kappa shape index (κ2) is 11.6. The first-order valence-corrected chi connectivity index (χ1v) is 10.9. The van der Waals surface area contributed by atoms with Crippen molar-refractivity contribution in [2.75, 3.05) is 51.4 Å². The highest BCUT2D eigenvalue weighted by Crippen LogP contribution is 2.39. The normalized spacial score (nSPS) is 14.2. The van der Waals surface area contributed by atoms with E-state index in [0.29, 0.717) is 42.6 Å². The lowest BCUT2D eigenvalue weighted by atomic mass is 10.1. The van der Waals surface area contributed by atoms with Crippen molar-refractivity contribution in [3.05, 3.63) is 47.5 Å². The molecule has 7 nitrogen and oxygen atoms in total. The Bertz CT molecular complexity index is 821. The molecule has 2 aromatic carbocycles. The van der Waals surface area contributed by atoms with Gasteiger partial charge in [0.25, 0.3) is 5.91 Å². The van der Waals surface area contributed by atoms with Gasteiger partial charge in [0.05, 0.1) is 33.0 Å². The maximum Gasteiger partial charge on any atom is 0.255 e. The van der Waals surface area contributed by atoms with E-state index >= 15 is 0 Å². The van der Waals surface area contributed by atoms with Crippen molar-refractivity contribution in [2.24, 2.45) is 0 Å². The highest BCUT2D eigenvalue weighted by atomic mass is 16.5. The predicted octanol–water partition coefficient (Wildman–Crippen LogP) is 3.97. The lowest BCUT2D eigenvalue weighted by Crippen LogP contribution is -2.35. The molecule has 1 fully saturated rings. The fourth-order valence-corrected chi connectivity index (χ4v) is 3.43. The summed E-state index contributed by atoms with van der Waals surface area (Å²) in [6.45, 7) is 11.4. The minimum atomic E-state index is -0.231. The van der Waals surface area contributed by atoms with Crippen LogP contribution in [0, 0.1) is 0 Å². The lowest BCUT2D eigenvalue weighted by molar-refractivity contribution is 0.0342. The number of rotatable bonds is 10. The zero-order valence-electron chi connectivity index (χ0n) is 18.6. The first kappa shape index (κ1) is 22.9. The Morgan fingerprint density at radius 2 is 1.52 bits per heavy atom. The van der Waals surface area contributed by atoms with Crippen molar-refractivity contribution in [3.8, 4) is 17.2 Å². The monoisotopic (exact) mass is 428 g/mol. The highest BCUT2D eigenvalue weighted by Gasteiger charge is 2.18. The van der Waals surface area contributed by atoms with Crippen molar-refractivity contribution in [2.45, 2.75) is 27.3 Å². The largest absolute Gasteiger partial charge is 0.490 e. The van der Waals surface area contributed by atoms with Crippen molar-refractivity contribution in [1.82, 2.24) is 4.90 Å². The number of carbonyl (C=O) groups excluding carboxylic acids is 1. The van der Waals surface area contributed by atoms with E-state index in [0.717, 1.165) is 38.5 Å². The molecule has 0 radical (unpaired) electrons. The third-order valence-corrected chi connectivity index (χ3v) is 4.89. The Hall–Kier alpha value is -2.77. The summed E-state index contributed by atoms with van der Waals surface area (Å²) in [4.78, 5) is 15.3. The Labute approximate surface area is 184 Å². The van der Waals surface area contributed by atoms with Gasteiger partial charge < -0.3 is 24.3 Å². The standard InChI is InChI=1S/C24H32N2O5/c1-4-29-21-15-19(16-22(30-5-2)23(21)31-6-3)24(27)25-20-9-7-18(8-10-20)17-26-11-13-28-14-12-26/h7-10,15-16H,4-6,11-14,17H2,1-3H3,(H,25,27). The Balaban J connectivity index is 1.72. The Morgan fingerprint density at radius 3 is 2.06 bits per heavy atom. The van der Waals surface area contributed by atoms with Gasteiger partial charge in [-0.2, -0.15) is 0 Å². The molecule has 0 unspecified atom stereocenters. The van der Waals surface area contributed by atoms with Crippen molar-refractivity contribution in [1.29, 1.82) is 0 Å². The van der Waals surface area contributed by atoms with E-state index in [1.807, 2.05) is 45.0 Å². The minimum Gasteiger partial charge on any atom is -0.490 e. The quantitative estimate of drug-likeness (QED) is 0.618. The van der Waals surface area contributed by atoms with E-state index in [1.54, 1.807) is 12.1 Å². The molecule has 0 bridgehead atoms. The number of benzene rings is 2. The number of hydrogen-bond donors (Lipinski definition) is 1. The summed E-state index contributed by atoms with van der Waals surface area (Å²) in [5.74, 6) is 1.30. The molecule has 3 rings (SSSR count). The van der Waals surface area contributed by atoms with Gasteiger partial charge in [-0.3, -0.25) is 9.69 Å². The van der Waals surface area contributed by atoms with Gasteiger partial charge in [-0.05, 0) is 50.6 Å². The first-order chi connectivity index (χ1) is 15.1. The zero-order chi connectivity index (χ0) is 22.1. The summed E-state index contributed by atoms with van der Waals surface area (Å²) >= 11 is 0. The predicted molar refractivity (Wildman–Crippen MR) is 120 cm³/mol. The smallest absolute Gasteiger partial charge is 0.255 e. The number of nitrogens with zero attached hydrogens (tertiary/aromatic N) is 1. The minimum absolute atomic E-state index is 0.231. The first-order valence-electron chi connectivity index (χ1n) is 10.9. The number of carbonyl (C=O) groups is 1. The maximum absolute atomic E-state index is 12.9. The van der Waals surface area contributed by atoms with Crippen LogP contribution in [0.5, 0.6) is 17.2 Å². The Kier molecular flexibility index (Phi) is 8.55. The van der Waals surface area contributed by atoms with Crippen molar-refractivity contribution >= 4 is 11.6 Å². The molecule has 0 aliphatic carbocycles. The third-order valence-electron chi connectivity index (χ3n) is 4.89. The van der Waals surface area contributed by atoms with Crippen LogP contribution < -0.4 is 19.5 Å². The summed E-state index contributed by atoms with van der Waals surface area (Å²) in [5.41, 5.74) is 2.39. The SMILES string of the molecule is CCOc1cc(C(=O)Nc2ccc(CN3CCOCC3)cc2)cc(OCC)c1OCC. The van der Waals surface area contributed by atoms with Crippen LogP contribution in [0.3, 0.4) is 0 Å². The van der Waals surface area contributed by atoms with Crippen LogP contribution in [0.2, 0.25) is 0 Å². The van der Waals surface area contributed by atoms with Crippen LogP contribution in [-0.4, -0.2) is 56.9 Å². The maximum atomic E-state index is 12.9. The van der Waals surface area contributed by atoms with E-state index in [2.05, 4.69) is 10.2 Å². The molecule has 31 heavy (non-hydrogen) atoms. The van der Waals surface area contributed by atoms with Crippen molar-refractivity contribution in [3.63, 3.8) is 0 Å². The summed E-state index contributed by atoms with van der Waals surface area (Å²) in [6.07, 6.45) is 0. The summed E-state index contributed by atoms with van der Waals surface area (Å²) in [5, 5.41) is 2.95. The van der Waals surface area contributed by atoms with Gasteiger partial charge in [0.1, 0.15) is 0 Å². The molecule has 1 aliphatic rings. The summed E-state index contributed by atoms with van der Waals surface area (Å²) < 4.78 is 22.5. The molecular formula is C24H32N2O5. The van der Waals surface area contributed by atoms with Gasteiger partial charge in [0.15, 0.2) is 11.5 Å². The lowest BCUT2D eigenvalue weighted by Gasteiger charge is -2.26. The van der Waals surface area contributed by atoms with Gasteiger partial charge in [-0.1, -0.05) is 12.1 Å². The summed E-state index contributed by atoms with van der Waals surface area (Å²) in [7, 11) is 0. The number of hydrogen-bond acceptors (Lipinski definition) is 6. The van der Waals surface area contributed by atoms with Gasteiger partial charge >= 0.3 is 0 Å². The molecule has 1 aliphatic heterocycles. The molecule has 1 amide bonds. The second-order valence-electron chi connectivity index (χ2n) is 7.14. The van der Waals surface area contributed by atoms with Gasteiger partial charge in [0, 0.05) is 30.9 Å². The van der Waals surface area contributed by atoms with Crippen LogP contribution in [0.1, 0.15) is 36.7 Å². The number of ether oxygens (including phenoxy) is 4. The molecule has 168 valence electrons. The van der Waals surface area contributed by atoms with Crippen molar-refractivity contribution < 1.29 is 23.7 Å². The van der Waals surface area contributed by atoms with Gasteiger partial charge in [0.2, 0.25) is 5.75 Å². The molecule has 1 saturated heterocycles. The Morgan fingerprint density at radius 1 is 0.935 bits per heavy atom. The molecule has 1 N–H and O–H groups in total. The van der Waals surface area contributed by atoms with Crippen LogP contribution in [0.25, 0.3) is 0 Å².